The highest BCUT2D eigenvalue weighted by Gasteiger charge is 2.35. The highest BCUT2D eigenvalue weighted by atomic mass is 32.1. The highest BCUT2D eigenvalue weighted by molar-refractivity contribution is 7.12. The number of hydrogen-bond acceptors (Lipinski definition) is 5. The second-order valence-corrected chi connectivity index (χ2v) is 9.55. The molecular formula is C26H25FN4O3S. The molecule has 1 unspecified atom stereocenters. The molecule has 180 valence electrons. The van der Waals surface area contributed by atoms with E-state index in [9.17, 15) is 18.8 Å². The third-order valence-electron chi connectivity index (χ3n) is 6.30. The van der Waals surface area contributed by atoms with Gasteiger partial charge in [0, 0.05) is 25.2 Å². The molecular weight excluding hydrogens is 467 g/mol. The summed E-state index contributed by atoms with van der Waals surface area (Å²) in [4.78, 5) is 43.7. The van der Waals surface area contributed by atoms with Crippen LogP contribution >= 0.6 is 11.3 Å². The van der Waals surface area contributed by atoms with Crippen molar-refractivity contribution in [2.24, 2.45) is 0 Å². The summed E-state index contributed by atoms with van der Waals surface area (Å²) in [6, 6.07) is 13.8. The van der Waals surface area contributed by atoms with Crippen molar-refractivity contribution in [3.05, 3.63) is 81.8 Å². The molecule has 2 N–H and O–H groups in total. The Bertz CT molecular complexity index is 1240. The molecule has 3 heterocycles. The van der Waals surface area contributed by atoms with Gasteiger partial charge >= 0.3 is 0 Å². The van der Waals surface area contributed by atoms with Crippen LogP contribution in [0.2, 0.25) is 0 Å². The number of rotatable bonds is 3. The van der Waals surface area contributed by atoms with Crippen molar-refractivity contribution in [2.45, 2.75) is 18.9 Å². The minimum Gasteiger partial charge on any atom is -0.337 e. The number of carbonyl (C=O) groups excluding carboxylic acids is 3. The molecule has 0 aliphatic carbocycles. The Morgan fingerprint density at radius 3 is 2.60 bits per heavy atom. The lowest BCUT2D eigenvalue weighted by Gasteiger charge is -2.30. The number of anilines is 2. The second kappa shape index (κ2) is 9.97. The van der Waals surface area contributed by atoms with E-state index < -0.39 is 11.9 Å². The van der Waals surface area contributed by atoms with E-state index in [4.69, 9.17) is 0 Å². The van der Waals surface area contributed by atoms with Gasteiger partial charge in [-0.15, -0.1) is 11.3 Å². The zero-order valence-electron chi connectivity index (χ0n) is 19.0. The van der Waals surface area contributed by atoms with Gasteiger partial charge in [0.15, 0.2) is 0 Å². The van der Waals surface area contributed by atoms with Crippen LogP contribution in [0.1, 0.15) is 44.5 Å². The van der Waals surface area contributed by atoms with Gasteiger partial charge in [-0.3, -0.25) is 19.3 Å². The molecule has 5 rings (SSSR count). The molecule has 3 aromatic rings. The highest BCUT2D eigenvalue weighted by Crippen LogP contribution is 2.40. The SMILES string of the molecule is O=C1CC(c2ccc(F)cc2)N(C(=O)c2cccs2)c2ccc(C(=O)N3CCCNCC3)cc2N1. The van der Waals surface area contributed by atoms with Crippen LogP contribution in [0, 0.1) is 5.82 Å². The van der Waals surface area contributed by atoms with E-state index in [1.54, 1.807) is 52.3 Å². The van der Waals surface area contributed by atoms with Crippen LogP contribution in [-0.2, 0) is 4.79 Å². The quantitative estimate of drug-likeness (QED) is 0.578. The van der Waals surface area contributed by atoms with E-state index in [2.05, 4.69) is 10.6 Å². The summed E-state index contributed by atoms with van der Waals surface area (Å²) in [5, 5.41) is 7.99. The summed E-state index contributed by atoms with van der Waals surface area (Å²) in [5.41, 5.74) is 2.01. The van der Waals surface area contributed by atoms with E-state index in [1.807, 2.05) is 5.38 Å². The number of hydrogen-bond donors (Lipinski definition) is 2. The summed E-state index contributed by atoms with van der Waals surface area (Å²) < 4.78 is 13.6. The van der Waals surface area contributed by atoms with E-state index >= 15 is 0 Å². The monoisotopic (exact) mass is 492 g/mol. The fourth-order valence-electron chi connectivity index (χ4n) is 4.57. The lowest BCUT2D eigenvalue weighted by molar-refractivity contribution is -0.116. The third-order valence-corrected chi connectivity index (χ3v) is 7.16. The van der Waals surface area contributed by atoms with Gasteiger partial charge in [-0.2, -0.15) is 0 Å². The predicted octanol–water partition coefficient (Wildman–Crippen LogP) is 4.05. The molecule has 1 saturated heterocycles. The zero-order valence-corrected chi connectivity index (χ0v) is 19.8. The maximum atomic E-state index is 13.7. The van der Waals surface area contributed by atoms with Gasteiger partial charge in [0.25, 0.3) is 11.8 Å². The molecule has 9 heteroatoms. The Labute approximate surface area is 206 Å². The average Bonchev–Trinajstić information content (AvgIpc) is 3.20. The standard InChI is InChI=1S/C26H25FN4O3S/c27-19-7-4-17(5-8-19)22-16-24(32)29-20-15-18(25(33)30-12-2-10-28-11-13-30)6-9-21(20)31(22)26(34)23-3-1-14-35-23/h1,3-9,14-15,22,28H,2,10-13,16H2,(H,29,32). The molecule has 2 aliphatic rings. The van der Waals surface area contributed by atoms with Crippen molar-refractivity contribution < 1.29 is 18.8 Å². The van der Waals surface area contributed by atoms with Crippen molar-refractivity contribution in [3.63, 3.8) is 0 Å². The number of nitrogens with zero attached hydrogens (tertiary/aromatic N) is 2. The first-order valence-electron chi connectivity index (χ1n) is 11.6. The van der Waals surface area contributed by atoms with E-state index in [0.717, 1.165) is 19.5 Å². The minimum atomic E-state index is -0.635. The first kappa shape index (κ1) is 23.2. The Morgan fingerprint density at radius 1 is 1.00 bits per heavy atom. The number of halogens is 1. The van der Waals surface area contributed by atoms with Crippen molar-refractivity contribution in [2.75, 3.05) is 36.4 Å². The van der Waals surface area contributed by atoms with Crippen LogP contribution in [-0.4, -0.2) is 48.8 Å². The first-order valence-corrected chi connectivity index (χ1v) is 12.5. The first-order chi connectivity index (χ1) is 17.0. The summed E-state index contributed by atoms with van der Waals surface area (Å²) in [6.45, 7) is 2.87. The van der Waals surface area contributed by atoms with Crippen molar-refractivity contribution >= 4 is 40.4 Å². The van der Waals surface area contributed by atoms with Gasteiger partial charge in [-0.05, 0) is 60.3 Å². The average molecular weight is 493 g/mol. The van der Waals surface area contributed by atoms with Gasteiger partial charge in [-0.25, -0.2) is 4.39 Å². The molecule has 1 fully saturated rings. The van der Waals surface area contributed by atoms with Crippen LogP contribution in [0.15, 0.2) is 60.0 Å². The summed E-state index contributed by atoms with van der Waals surface area (Å²) >= 11 is 1.31. The minimum absolute atomic E-state index is 0.00149. The molecule has 7 nitrogen and oxygen atoms in total. The Balaban J connectivity index is 1.57. The fraction of sp³-hybridized carbons (Fsp3) is 0.269. The van der Waals surface area contributed by atoms with Crippen molar-refractivity contribution in [3.8, 4) is 0 Å². The van der Waals surface area contributed by atoms with Gasteiger partial charge < -0.3 is 15.5 Å². The van der Waals surface area contributed by atoms with Crippen molar-refractivity contribution in [1.82, 2.24) is 10.2 Å². The number of thiophene rings is 1. The molecule has 0 bridgehead atoms. The number of amides is 3. The predicted molar refractivity (Wildman–Crippen MR) is 133 cm³/mol. The van der Waals surface area contributed by atoms with Crippen LogP contribution in [0.25, 0.3) is 0 Å². The van der Waals surface area contributed by atoms with E-state index in [0.29, 0.717) is 40.5 Å². The number of carbonyl (C=O) groups is 3. The molecule has 0 radical (unpaired) electrons. The van der Waals surface area contributed by atoms with Crippen LogP contribution in [0.4, 0.5) is 15.8 Å². The van der Waals surface area contributed by atoms with Gasteiger partial charge in [-0.1, -0.05) is 18.2 Å². The van der Waals surface area contributed by atoms with Crippen LogP contribution < -0.4 is 15.5 Å². The third kappa shape index (κ3) is 4.82. The molecule has 1 atom stereocenters. The van der Waals surface area contributed by atoms with E-state index in [1.165, 1.54) is 23.5 Å². The molecule has 0 saturated carbocycles. The molecule has 2 aliphatic heterocycles. The summed E-state index contributed by atoms with van der Waals surface area (Å²) in [7, 11) is 0. The fourth-order valence-corrected chi connectivity index (χ4v) is 5.23. The number of benzene rings is 2. The van der Waals surface area contributed by atoms with E-state index in [-0.39, 0.29) is 24.1 Å². The molecule has 2 aromatic carbocycles. The molecule has 0 spiro atoms. The second-order valence-electron chi connectivity index (χ2n) is 8.60. The van der Waals surface area contributed by atoms with Gasteiger partial charge in [0.2, 0.25) is 5.91 Å². The summed E-state index contributed by atoms with van der Waals surface area (Å²) in [6.07, 6.45) is 0.869. The largest absolute Gasteiger partial charge is 0.337 e. The Morgan fingerprint density at radius 2 is 1.83 bits per heavy atom. The number of fused-ring (bicyclic) bond motifs is 1. The molecule has 3 amide bonds. The molecule has 1 aromatic heterocycles. The maximum absolute atomic E-state index is 13.7. The smallest absolute Gasteiger partial charge is 0.268 e. The zero-order chi connectivity index (χ0) is 24.4. The summed E-state index contributed by atoms with van der Waals surface area (Å²) in [5.74, 6) is -1.05. The normalized spacial score (nSPS) is 18.3. The molecule has 35 heavy (non-hydrogen) atoms. The Hall–Kier alpha value is -3.56. The maximum Gasteiger partial charge on any atom is 0.268 e. The van der Waals surface area contributed by atoms with Crippen LogP contribution in [0.5, 0.6) is 0 Å². The lowest BCUT2D eigenvalue weighted by Crippen LogP contribution is -2.35. The van der Waals surface area contributed by atoms with Gasteiger partial charge in [0.05, 0.1) is 28.7 Å². The Kier molecular flexibility index (Phi) is 6.61. The number of nitrogens with one attached hydrogen (secondary N) is 2. The van der Waals surface area contributed by atoms with Crippen molar-refractivity contribution in [1.29, 1.82) is 0 Å². The lowest BCUT2D eigenvalue weighted by atomic mass is 10.0. The van der Waals surface area contributed by atoms with Crippen LogP contribution in [0.3, 0.4) is 0 Å². The topological polar surface area (TPSA) is 81.8 Å². The van der Waals surface area contributed by atoms with Gasteiger partial charge in [0.1, 0.15) is 5.82 Å².